The third kappa shape index (κ3) is 5.35. The summed E-state index contributed by atoms with van der Waals surface area (Å²) >= 11 is 0. The van der Waals surface area contributed by atoms with Crippen molar-refractivity contribution >= 4 is 14.0 Å². The minimum atomic E-state index is -1.33. The lowest BCUT2D eigenvalue weighted by Gasteiger charge is -2.21. The van der Waals surface area contributed by atoms with Crippen molar-refractivity contribution in [1.82, 2.24) is 0 Å². The third-order valence-electron chi connectivity index (χ3n) is 4.57. The number of rotatable bonds is 4. The first kappa shape index (κ1) is 18.0. The Morgan fingerprint density at radius 2 is 1.96 bits per heavy atom. The van der Waals surface area contributed by atoms with Crippen LogP contribution in [-0.4, -0.2) is 20.7 Å². The summed E-state index contributed by atoms with van der Waals surface area (Å²) in [5, 5.41) is 1.60. The van der Waals surface area contributed by atoms with Crippen LogP contribution in [0.4, 0.5) is 0 Å². The second-order valence-electron chi connectivity index (χ2n) is 7.47. The average molecular weight is 331 g/mol. The molecule has 0 aromatic heterocycles. The molecule has 0 radical (unpaired) electrons. The number of hydrogen-bond acceptors (Lipinski definition) is 2. The van der Waals surface area contributed by atoms with E-state index in [-0.39, 0.29) is 5.97 Å². The Bertz CT molecular complexity index is 571. The summed E-state index contributed by atoms with van der Waals surface area (Å²) in [6.45, 7) is 9.51. The molecule has 0 amide bonds. The van der Waals surface area contributed by atoms with E-state index in [0.717, 1.165) is 24.8 Å². The van der Waals surface area contributed by atoms with Gasteiger partial charge in [0.25, 0.3) is 0 Å². The minimum Gasteiger partial charge on any atom is -0.463 e. The number of hydrogen-bond donors (Lipinski definition) is 0. The SMILES string of the molecule is CCOC(=O)/C=C1/C=C(C2=CCCCC2)C=C([Si](C)(C)C)CC1. The molecule has 0 unspecified atom stereocenters. The van der Waals surface area contributed by atoms with Crippen molar-refractivity contribution in [2.45, 2.75) is 65.1 Å². The number of ether oxygens (including phenoxy) is 1. The van der Waals surface area contributed by atoms with Crippen molar-refractivity contribution in [2.75, 3.05) is 6.61 Å². The van der Waals surface area contributed by atoms with E-state index in [0.29, 0.717) is 6.61 Å². The molecule has 0 spiro atoms. The molecule has 2 nitrogen and oxygen atoms in total. The van der Waals surface area contributed by atoms with Crippen molar-refractivity contribution in [2.24, 2.45) is 0 Å². The van der Waals surface area contributed by atoms with Gasteiger partial charge < -0.3 is 4.74 Å². The molecule has 2 rings (SSSR count). The summed E-state index contributed by atoms with van der Waals surface area (Å²) in [6, 6.07) is 0. The van der Waals surface area contributed by atoms with Gasteiger partial charge in [0.15, 0.2) is 0 Å². The first-order chi connectivity index (χ1) is 10.9. The van der Waals surface area contributed by atoms with E-state index in [1.807, 2.05) is 6.92 Å². The first-order valence-electron chi connectivity index (χ1n) is 8.89. The minimum absolute atomic E-state index is 0.216. The summed E-state index contributed by atoms with van der Waals surface area (Å²) in [6.07, 6.45) is 15.6. The Hall–Kier alpha value is -1.35. The molecule has 0 aliphatic heterocycles. The lowest BCUT2D eigenvalue weighted by molar-refractivity contribution is -0.137. The molecule has 3 heteroatoms. The maximum Gasteiger partial charge on any atom is 0.331 e. The Morgan fingerprint density at radius 3 is 2.57 bits per heavy atom. The van der Waals surface area contributed by atoms with Crippen LogP contribution in [0.25, 0.3) is 0 Å². The van der Waals surface area contributed by atoms with Crippen LogP contribution in [-0.2, 0) is 9.53 Å². The predicted octanol–water partition coefficient (Wildman–Crippen LogP) is 5.50. The van der Waals surface area contributed by atoms with Crippen molar-refractivity contribution in [1.29, 1.82) is 0 Å². The smallest absolute Gasteiger partial charge is 0.331 e. The molecule has 0 saturated heterocycles. The number of allylic oxidation sites excluding steroid dienone is 7. The molecular weight excluding hydrogens is 300 g/mol. The maximum atomic E-state index is 11.8. The summed E-state index contributed by atoms with van der Waals surface area (Å²) in [7, 11) is -1.33. The molecule has 0 fully saturated rings. The molecular formula is C20H30O2Si. The highest BCUT2D eigenvalue weighted by Crippen LogP contribution is 2.33. The van der Waals surface area contributed by atoms with Gasteiger partial charge in [-0.25, -0.2) is 4.79 Å². The normalized spacial score (nSPS) is 21.2. The fraction of sp³-hybridized carbons (Fsp3) is 0.550. The topological polar surface area (TPSA) is 26.3 Å². The highest BCUT2D eigenvalue weighted by molar-refractivity contribution is 6.83. The molecule has 2 aliphatic carbocycles. The standard InChI is InChI=1S/C20H30O2Si/c1-5-22-20(21)14-16-11-12-19(23(2,3)4)15-18(13-16)17-9-7-6-8-10-17/h9,13-15H,5-8,10-12H2,1-4H3/b16-14+. The zero-order valence-electron chi connectivity index (χ0n) is 15.1. The van der Waals surface area contributed by atoms with Crippen LogP contribution in [0.5, 0.6) is 0 Å². The highest BCUT2D eigenvalue weighted by atomic mass is 28.3. The largest absolute Gasteiger partial charge is 0.463 e. The lowest BCUT2D eigenvalue weighted by atomic mass is 9.92. The van der Waals surface area contributed by atoms with E-state index < -0.39 is 8.07 Å². The Balaban J connectivity index is 2.35. The first-order valence-corrected chi connectivity index (χ1v) is 12.4. The molecule has 126 valence electrons. The molecule has 23 heavy (non-hydrogen) atoms. The van der Waals surface area contributed by atoms with Crippen LogP contribution in [0, 0.1) is 0 Å². The van der Waals surface area contributed by atoms with Gasteiger partial charge in [0.05, 0.1) is 14.7 Å². The van der Waals surface area contributed by atoms with Crippen LogP contribution in [0.1, 0.15) is 45.4 Å². The van der Waals surface area contributed by atoms with Crippen molar-refractivity contribution in [3.05, 3.63) is 46.2 Å². The van der Waals surface area contributed by atoms with Crippen LogP contribution >= 0.6 is 0 Å². The average Bonchev–Trinajstić information content (AvgIpc) is 2.71. The van der Waals surface area contributed by atoms with Crippen LogP contribution in [0.15, 0.2) is 46.2 Å². The quantitative estimate of drug-likeness (QED) is 0.386. The van der Waals surface area contributed by atoms with Crippen LogP contribution in [0.2, 0.25) is 19.6 Å². The second-order valence-corrected chi connectivity index (χ2v) is 12.6. The van der Waals surface area contributed by atoms with Gasteiger partial charge in [0, 0.05) is 6.08 Å². The Morgan fingerprint density at radius 1 is 1.17 bits per heavy atom. The van der Waals surface area contributed by atoms with Crippen LogP contribution in [0.3, 0.4) is 0 Å². The third-order valence-corrected chi connectivity index (χ3v) is 6.89. The summed E-state index contributed by atoms with van der Waals surface area (Å²) in [5.74, 6) is -0.216. The van der Waals surface area contributed by atoms with Gasteiger partial charge in [-0.1, -0.05) is 43.1 Å². The van der Waals surface area contributed by atoms with E-state index in [2.05, 4.69) is 37.9 Å². The van der Waals surface area contributed by atoms with Crippen molar-refractivity contribution < 1.29 is 9.53 Å². The molecule has 0 aromatic rings. The van der Waals surface area contributed by atoms with E-state index in [1.54, 1.807) is 11.3 Å². The van der Waals surface area contributed by atoms with Gasteiger partial charge in [-0.15, -0.1) is 0 Å². The van der Waals surface area contributed by atoms with Gasteiger partial charge in [-0.3, -0.25) is 0 Å². The predicted molar refractivity (Wildman–Crippen MR) is 100 cm³/mol. The van der Waals surface area contributed by atoms with Gasteiger partial charge in [-0.2, -0.15) is 0 Å². The summed E-state index contributed by atoms with van der Waals surface area (Å²) in [4.78, 5) is 11.8. The monoisotopic (exact) mass is 330 g/mol. The number of carbonyl (C=O) groups is 1. The second kappa shape index (κ2) is 7.96. The molecule has 2 aliphatic rings. The number of esters is 1. The Kier molecular flexibility index (Phi) is 6.23. The summed E-state index contributed by atoms with van der Waals surface area (Å²) in [5.41, 5.74) is 3.90. The van der Waals surface area contributed by atoms with Crippen molar-refractivity contribution in [3.63, 3.8) is 0 Å². The highest BCUT2D eigenvalue weighted by Gasteiger charge is 2.23. The maximum absolute atomic E-state index is 11.8. The Labute approximate surface area is 142 Å². The van der Waals surface area contributed by atoms with Crippen LogP contribution < -0.4 is 0 Å². The molecule has 0 saturated carbocycles. The zero-order valence-corrected chi connectivity index (χ0v) is 16.1. The van der Waals surface area contributed by atoms with Gasteiger partial charge in [-0.05, 0) is 62.2 Å². The van der Waals surface area contributed by atoms with E-state index in [9.17, 15) is 4.79 Å². The fourth-order valence-electron chi connectivity index (χ4n) is 3.18. The van der Waals surface area contributed by atoms with Gasteiger partial charge in [0.2, 0.25) is 0 Å². The number of carbonyl (C=O) groups excluding carboxylic acids is 1. The van der Waals surface area contributed by atoms with E-state index >= 15 is 0 Å². The molecule has 0 aromatic carbocycles. The summed E-state index contributed by atoms with van der Waals surface area (Å²) < 4.78 is 5.09. The molecule has 0 heterocycles. The fourth-order valence-corrected chi connectivity index (χ4v) is 4.64. The molecule has 0 atom stereocenters. The van der Waals surface area contributed by atoms with E-state index in [1.165, 1.54) is 30.4 Å². The lowest BCUT2D eigenvalue weighted by Crippen LogP contribution is -2.24. The van der Waals surface area contributed by atoms with Gasteiger partial charge >= 0.3 is 5.97 Å². The molecule has 0 N–H and O–H groups in total. The zero-order chi connectivity index (χ0) is 16.9. The van der Waals surface area contributed by atoms with Crippen molar-refractivity contribution in [3.8, 4) is 0 Å². The van der Waals surface area contributed by atoms with E-state index in [4.69, 9.17) is 4.74 Å². The molecule has 0 bridgehead atoms. The van der Waals surface area contributed by atoms with Gasteiger partial charge in [0.1, 0.15) is 0 Å².